The smallest absolute Gasteiger partial charge is 0.410 e. The minimum atomic E-state index is -0.468. The maximum Gasteiger partial charge on any atom is 0.410 e. The zero-order valence-electron chi connectivity index (χ0n) is 11.9. The van der Waals surface area contributed by atoms with Crippen LogP contribution in [0.4, 0.5) is 10.6 Å². The zero-order valence-corrected chi connectivity index (χ0v) is 12.6. The van der Waals surface area contributed by atoms with Crippen molar-refractivity contribution < 1.29 is 9.53 Å². The summed E-state index contributed by atoms with van der Waals surface area (Å²) in [7, 11) is 0. The van der Waals surface area contributed by atoms with Crippen LogP contribution in [-0.4, -0.2) is 45.9 Å². The molecule has 2 heterocycles. The number of likely N-dealkylation sites (tertiary alicyclic amines) is 1. The van der Waals surface area contributed by atoms with Crippen molar-refractivity contribution in [1.29, 1.82) is 0 Å². The highest BCUT2D eigenvalue weighted by molar-refractivity contribution is 6.29. The largest absolute Gasteiger partial charge is 0.444 e. The number of nitrogens with zero attached hydrogens (tertiary/aromatic N) is 3. The molecule has 0 saturated carbocycles. The average Bonchev–Trinajstić information content (AvgIpc) is 2.79. The third-order valence-corrected chi connectivity index (χ3v) is 3.03. The van der Waals surface area contributed by atoms with E-state index in [1.807, 2.05) is 20.8 Å². The molecule has 1 saturated heterocycles. The molecule has 1 aromatic heterocycles. The van der Waals surface area contributed by atoms with E-state index in [4.69, 9.17) is 16.3 Å². The fraction of sp³-hybridized carbons (Fsp3) is 0.615. The summed E-state index contributed by atoms with van der Waals surface area (Å²) in [5.41, 5.74) is -0.468. The molecule has 0 bridgehead atoms. The van der Waals surface area contributed by atoms with Gasteiger partial charge in [0.2, 0.25) is 0 Å². The first-order valence-electron chi connectivity index (χ1n) is 6.57. The van der Waals surface area contributed by atoms with Gasteiger partial charge in [0, 0.05) is 19.1 Å². The molecule has 1 fully saturated rings. The molecule has 0 unspecified atom stereocenters. The molecule has 1 atom stereocenters. The van der Waals surface area contributed by atoms with Gasteiger partial charge in [-0.15, -0.1) is 10.2 Å². The maximum absolute atomic E-state index is 11.9. The van der Waals surface area contributed by atoms with Gasteiger partial charge in [0.15, 0.2) is 5.15 Å². The summed E-state index contributed by atoms with van der Waals surface area (Å²) < 4.78 is 5.35. The van der Waals surface area contributed by atoms with Gasteiger partial charge in [-0.2, -0.15) is 0 Å². The number of rotatable bonds is 2. The molecule has 1 N–H and O–H groups in total. The molecule has 110 valence electrons. The van der Waals surface area contributed by atoms with E-state index in [2.05, 4.69) is 15.5 Å². The lowest BCUT2D eigenvalue weighted by molar-refractivity contribution is 0.0293. The predicted octanol–water partition coefficient (Wildman–Crippen LogP) is 2.55. The molecule has 7 heteroatoms. The summed E-state index contributed by atoms with van der Waals surface area (Å²) in [5.74, 6) is 0.658. The molecular formula is C13H19ClN4O2. The van der Waals surface area contributed by atoms with Crippen molar-refractivity contribution in [3.05, 3.63) is 17.3 Å². The Bertz CT molecular complexity index is 472. The number of amides is 1. The van der Waals surface area contributed by atoms with E-state index in [-0.39, 0.29) is 12.1 Å². The second kappa shape index (κ2) is 5.83. The van der Waals surface area contributed by atoms with Crippen molar-refractivity contribution in [3.8, 4) is 0 Å². The van der Waals surface area contributed by atoms with Crippen LogP contribution in [0, 0.1) is 0 Å². The standard InChI is InChI=1S/C13H19ClN4O2/c1-13(2,3)20-12(19)18-7-6-9(8-18)15-11-5-4-10(14)16-17-11/h4-5,9H,6-8H2,1-3H3,(H,15,17)/t9-/m0/s1. The fourth-order valence-corrected chi connectivity index (χ4v) is 2.07. The monoisotopic (exact) mass is 298 g/mol. The van der Waals surface area contributed by atoms with E-state index in [0.717, 1.165) is 6.42 Å². The van der Waals surface area contributed by atoms with Gasteiger partial charge in [0.1, 0.15) is 11.4 Å². The van der Waals surface area contributed by atoms with E-state index in [0.29, 0.717) is 24.1 Å². The minimum absolute atomic E-state index is 0.151. The molecule has 2 rings (SSSR count). The average molecular weight is 299 g/mol. The summed E-state index contributed by atoms with van der Waals surface area (Å²) in [4.78, 5) is 13.6. The number of anilines is 1. The van der Waals surface area contributed by atoms with Crippen LogP contribution in [0.3, 0.4) is 0 Å². The van der Waals surface area contributed by atoms with Gasteiger partial charge >= 0.3 is 6.09 Å². The van der Waals surface area contributed by atoms with Crippen LogP contribution >= 0.6 is 11.6 Å². The van der Waals surface area contributed by atoms with Crippen molar-refractivity contribution in [3.63, 3.8) is 0 Å². The van der Waals surface area contributed by atoms with Crippen LogP contribution < -0.4 is 5.32 Å². The van der Waals surface area contributed by atoms with Crippen LogP contribution in [-0.2, 0) is 4.74 Å². The summed E-state index contributed by atoms with van der Waals surface area (Å²) in [5, 5.41) is 11.3. The van der Waals surface area contributed by atoms with Crippen LogP contribution in [0.1, 0.15) is 27.2 Å². The van der Waals surface area contributed by atoms with Crippen molar-refractivity contribution in [2.75, 3.05) is 18.4 Å². The molecule has 1 amide bonds. The molecule has 0 aromatic carbocycles. The normalized spacial score (nSPS) is 19.0. The number of ether oxygens (including phenoxy) is 1. The highest BCUT2D eigenvalue weighted by Gasteiger charge is 2.29. The molecule has 0 aliphatic carbocycles. The fourth-order valence-electron chi connectivity index (χ4n) is 1.97. The first kappa shape index (κ1) is 14.8. The zero-order chi connectivity index (χ0) is 14.8. The van der Waals surface area contributed by atoms with Gasteiger partial charge in [-0.05, 0) is 39.3 Å². The Labute approximate surface area is 123 Å². The summed E-state index contributed by atoms with van der Waals surface area (Å²) in [6, 6.07) is 3.60. The van der Waals surface area contributed by atoms with Crippen LogP contribution in [0.15, 0.2) is 12.1 Å². The van der Waals surface area contributed by atoms with E-state index in [9.17, 15) is 4.79 Å². The van der Waals surface area contributed by atoms with E-state index < -0.39 is 5.60 Å². The second-order valence-corrected chi connectivity index (χ2v) is 6.18. The van der Waals surface area contributed by atoms with Gasteiger partial charge < -0.3 is 15.0 Å². The molecule has 0 radical (unpaired) electrons. The van der Waals surface area contributed by atoms with Crippen LogP contribution in [0.5, 0.6) is 0 Å². The predicted molar refractivity (Wildman–Crippen MR) is 76.9 cm³/mol. The topological polar surface area (TPSA) is 67.3 Å². The minimum Gasteiger partial charge on any atom is -0.444 e. The molecule has 1 aliphatic heterocycles. The lowest BCUT2D eigenvalue weighted by atomic mass is 10.2. The van der Waals surface area contributed by atoms with Gasteiger partial charge in [-0.3, -0.25) is 0 Å². The van der Waals surface area contributed by atoms with Gasteiger partial charge in [-0.1, -0.05) is 11.6 Å². The second-order valence-electron chi connectivity index (χ2n) is 5.80. The summed E-state index contributed by atoms with van der Waals surface area (Å²) in [6.07, 6.45) is 0.577. The highest BCUT2D eigenvalue weighted by atomic mass is 35.5. The van der Waals surface area contributed by atoms with E-state index >= 15 is 0 Å². The lowest BCUT2D eigenvalue weighted by Crippen LogP contribution is -2.36. The Morgan fingerprint density at radius 1 is 1.45 bits per heavy atom. The number of carbonyl (C=O) groups is 1. The van der Waals surface area contributed by atoms with Gasteiger partial charge in [0.05, 0.1) is 0 Å². The Balaban J connectivity index is 1.86. The number of hydrogen-bond acceptors (Lipinski definition) is 5. The van der Waals surface area contributed by atoms with E-state index in [1.54, 1.807) is 17.0 Å². The number of nitrogens with one attached hydrogen (secondary N) is 1. The SMILES string of the molecule is CC(C)(C)OC(=O)N1CC[C@H](Nc2ccc(Cl)nn2)C1. The first-order valence-corrected chi connectivity index (χ1v) is 6.95. The van der Waals surface area contributed by atoms with Crippen molar-refractivity contribution in [2.45, 2.75) is 38.8 Å². The molecule has 0 spiro atoms. The first-order chi connectivity index (χ1) is 9.33. The van der Waals surface area contributed by atoms with Crippen molar-refractivity contribution in [2.24, 2.45) is 0 Å². The van der Waals surface area contributed by atoms with Gasteiger partial charge in [0.25, 0.3) is 0 Å². The van der Waals surface area contributed by atoms with Crippen LogP contribution in [0.2, 0.25) is 5.15 Å². The third-order valence-electron chi connectivity index (χ3n) is 2.82. The number of hydrogen-bond donors (Lipinski definition) is 1. The Morgan fingerprint density at radius 3 is 2.80 bits per heavy atom. The van der Waals surface area contributed by atoms with Crippen LogP contribution in [0.25, 0.3) is 0 Å². The molecule has 1 aromatic rings. The molecule has 20 heavy (non-hydrogen) atoms. The number of aromatic nitrogens is 2. The molecule has 6 nitrogen and oxygen atoms in total. The van der Waals surface area contributed by atoms with E-state index in [1.165, 1.54) is 0 Å². The number of carbonyl (C=O) groups excluding carboxylic acids is 1. The molecular weight excluding hydrogens is 280 g/mol. The Kier molecular flexibility index (Phi) is 4.32. The Hall–Kier alpha value is -1.56. The quantitative estimate of drug-likeness (QED) is 0.909. The van der Waals surface area contributed by atoms with Gasteiger partial charge in [-0.25, -0.2) is 4.79 Å². The Morgan fingerprint density at radius 2 is 2.20 bits per heavy atom. The lowest BCUT2D eigenvalue weighted by Gasteiger charge is -2.24. The van der Waals surface area contributed by atoms with Crippen molar-refractivity contribution in [1.82, 2.24) is 15.1 Å². The summed E-state index contributed by atoms with van der Waals surface area (Å²) in [6.45, 7) is 6.85. The maximum atomic E-state index is 11.9. The summed E-state index contributed by atoms with van der Waals surface area (Å²) >= 11 is 5.68. The third kappa shape index (κ3) is 4.23. The highest BCUT2D eigenvalue weighted by Crippen LogP contribution is 2.18. The molecule has 1 aliphatic rings. The van der Waals surface area contributed by atoms with Crippen molar-refractivity contribution >= 4 is 23.5 Å². The number of halogens is 1.